The summed E-state index contributed by atoms with van der Waals surface area (Å²) >= 11 is 3.40. The van der Waals surface area contributed by atoms with Crippen LogP contribution in [0, 0.1) is 0 Å². The molecule has 4 rings (SSSR count). The minimum atomic E-state index is -0.123. The topological polar surface area (TPSA) is 67.2 Å². The van der Waals surface area contributed by atoms with E-state index in [0.717, 1.165) is 34.2 Å². The van der Waals surface area contributed by atoms with Crippen LogP contribution in [0.2, 0.25) is 0 Å². The van der Waals surface area contributed by atoms with Crippen LogP contribution in [0.25, 0.3) is 11.0 Å². The Morgan fingerprint density at radius 2 is 1.91 bits per heavy atom. The van der Waals surface area contributed by atoms with Crippen molar-refractivity contribution in [2.24, 2.45) is 0 Å². The Bertz CT molecular complexity index is 1100. The molecule has 1 heterocycles. The quantitative estimate of drug-likeness (QED) is 0.521. The van der Waals surface area contributed by atoms with E-state index in [4.69, 9.17) is 4.98 Å². The molecule has 32 heavy (non-hydrogen) atoms. The molecule has 2 aromatic carbocycles. The Labute approximate surface area is 197 Å². The maximum atomic E-state index is 13.1. The monoisotopic (exact) mass is 496 g/mol. The molecule has 0 spiro atoms. The molecule has 0 aliphatic heterocycles. The van der Waals surface area contributed by atoms with Crippen molar-refractivity contribution in [1.29, 1.82) is 0 Å². The number of fused-ring (bicyclic) bond motifs is 1. The minimum Gasteiger partial charge on any atom is -0.352 e. The first-order valence-electron chi connectivity index (χ1n) is 11.3. The van der Waals surface area contributed by atoms with E-state index in [1.165, 1.54) is 19.3 Å². The van der Waals surface area contributed by atoms with Gasteiger partial charge in [0.05, 0.1) is 11.0 Å². The summed E-state index contributed by atoms with van der Waals surface area (Å²) in [7, 11) is 1.93. The first-order chi connectivity index (χ1) is 15.5. The minimum absolute atomic E-state index is 0.111. The average Bonchev–Trinajstić information content (AvgIpc) is 3.16. The summed E-state index contributed by atoms with van der Waals surface area (Å²) in [4.78, 5) is 32.3. The lowest BCUT2D eigenvalue weighted by molar-refractivity contribution is -0.133. The number of hydrogen-bond donors (Lipinski definition) is 1. The van der Waals surface area contributed by atoms with Crippen molar-refractivity contribution in [1.82, 2.24) is 19.8 Å². The standard InChI is InChI=1S/C25H29BrN4O2/c1-29(20-10-3-2-4-11-20)24(31)17-30-22-13-6-5-12-21(22)28-23(30)14-15-27-25(32)18-8-7-9-19(26)16-18/h5-9,12-13,16,20H,2-4,10-11,14-15,17H2,1H3,(H,27,32). The summed E-state index contributed by atoms with van der Waals surface area (Å²) in [5.41, 5.74) is 2.43. The summed E-state index contributed by atoms with van der Waals surface area (Å²) in [6, 6.07) is 15.5. The van der Waals surface area contributed by atoms with E-state index in [0.29, 0.717) is 24.6 Å². The molecular formula is C25H29BrN4O2. The lowest BCUT2D eigenvalue weighted by Crippen LogP contribution is -2.40. The van der Waals surface area contributed by atoms with Gasteiger partial charge in [-0.25, -0.2) is 4.98 Å². The number of nitrogens with one attached hydrogen (secondary N) is 1. The fraction of sp³-hybridized carbons (Fsp3) is 0.400. The van der Waals surface area contributed by atoms with Crippen LogP contribution < -0.4 is 5.32 Å². The van der Waals surface area contributed by atoms with Crippen LogP contribution in [0.1, 0.15) is 48.3 Å². The summed E-state index contributed by atoms with van der Waals surface area (Å²) in [6.07, 6.45) is 6.37. The number of halogens is 1. The third-order valence-corrected chi connectivity index (χ3v) is 6.76. The Balaban J connectivity index is 1.46. The molecule has 0 atom stereocenters. The second-order valence-electron chi connectivity index (χ2n) is 8.42. The normalized spacial score (nSPS) is 14.4. The third kappa shape index (κ3) is 5.21. The van der Waals surface area contributed by atoms with E-state index in [9.17, 15) is 9.59 Å². The van der Waals surface area contributed by atoms with Gasteiger partial charge in [0.15, 0.2) is 0 Å². The summed E-state index contributed by atoms with van der Waals surface area (Å²) in [5, 5.41) is 2.97. The highest BCUT2D eigenvalue weighted by Gasteiger charge is 2.23. The van der Waals surface area contributed by atoms with Gasteiger partial charge in [0.25, 0.3) is 5.91 Å². The smallest absolute Gasteiger partial charge is 0.251 e. The first-order valence-corrected chi connectivity index (χ1v) is 12.1. The number of nitrogens with zero attached hydrogens (tertiary/aromatic N) is 3. The van der Waals surface area contributed by atoms with Crippen LogP contribution in [-0.2, 0) is 17.8 Å². The van der Waals surface area contributed by atoms with Gasteiger partial charge in [-0.2, -0.15) is 0 Å². The van der Waals surface area contributed by atoms with Crippen molar-refractivity contribution in [3.63, 3.8) is 0 Å². The molecule has 0 saturated heterocycles. The number of rotatable bonds is 7. The lowest BCUT2D eigenvalue weighted by Gasteiger charge is -2.31. The SMILES string of the molecule is CN(C(=O)Cn1c(CCNC(=O)c2cccc(Br)c2)nc2ccccc21)C1CCCCC1. The number of para-hydroxylation sites is 2. The fourth-order valence-corrected chi connectivity index (χ4v) is 4.83. The zero-order chi connectivity index (χ0) is 22.5. The van der Waals surface area contributed by atoms with Crippen LogP contribution in [0.5, 0.6) is 0 Å². The fourth-order valence-electron chi connectivity index (χ4n) is 4.43. The molecule has 2 amide bonds. The number of hydrogen-bond acceptors (Lipinski definition) is 3. The Morgan fingerprint density at radius 3 is 2.69 bits per heavy atom. The van der Waals surface area contributed by atoms with Crippen LogP contribution in [-0.4, -0.2) is 45.9 Å². The van der Waals surface area contributed by atoms with Crippen molar-refractivity contribution in [2.75, 3.05) is 13.6 Å². The van der Waals surface area contributed by atoms with Gasteiger partial charge in [-0.05, 0) is 43.2 Å². The second kappa shape index (κ2) is 10.3. The zero-order valence-electron chi connectivity index (χ0n) is 18.4. The molecule has 1 aliphatic rings. The van der Waals surface area contributed by atoms with Crippen molar-refractivity contribution >= 4 is 38.8 Å². The number of amides is 2. The molecule has 0 bridgehead atoms. The number of imidazole rings is 1. The molecule has 0 unspecified atom stereocenters. The molecule has 1 aromatic heterocycles. The van der Waals surface area contributed by atoms with Crippen LogP contribution >= 0.6 is 15.9 Å². The molecule has 1 aliphatic carbocycles. The molecule has 3 aromatic rings. The van der Waals surface area contributed by atoms with Crippen molar-refractivity contribution in [3.8, 4) is 0 Å². The van der Waals surface area contributed by atoms with Gasteiger partial charge in [0.1, 0.15) is 12.4 Å². The zero-order valence-corrected chi connectivity index (χ0v) is 20.0. The van der Waals surface area contributed by atoms with Gasteiger partial charge >= 0.3 is 0 Å². The van der Waals surface area contributed by atoms with E-state index in [-0.39, 0.29) is 18.4 Å². The Hall–Kier alpha value is -2.67. The predicted molar refractivity (Wildman–Crippen MR) is 130 cm³/mol. The maximum absolute atomic E-state index is 13.1. The maximum Gasteiger partial charge on any atom is 0.251 e. The molecule has 1 saturated carbocycles. The highest BCUT2D eigenvalue weighted by atomic mass is 79.9. The lowest BCUT2D eigenvalue weighted by atomic mass is 9.94. The molecule has 6 nitrogen and oxygen atoms in total. The number of carbonyl (C=O) groups excluding carboxylic acids is 2. The van der Waals surface area contributed by atoms with Crippen LogP contribution in [0.3, 0.4) is 0 Å². The van der Waals surface area contributed by atoms with Gasteiger partial charge in [-0.3, -0.25) is 9.59 Å². The number of benzene rings is 2. The van der Waals surface area contributed by atoms with Gasteiger partial charge in [0.2, 0.25) is 5.91 Å². The highest BCUT2D eigenvalue weighted by molar-refractivity contribution is 9.10. The van der Waals surface area contributed by atoms with Crippen molar-refractivity contribution in [2.45, 2.75) is 51.1 Å². The number of carbonyl (C=O) groups is 2. The molecule has 0 radical (unpaired) electrons. The van der Waals surface area contributed by atoms with E-state index < -0.39 is 0 Å². The van der Waals surface area contributed by atoms with Gasteiger partial charge < -0.3 is 14.8 Å². The Morgan fingerprint density at radius 1 is 1.12 bits per heavy atom. The summed E-state index contributed by atoms with van der Waals surface area (Å²) < 4.78 is 2.87. The van der Waals surface area contributed by atoms with E-state index in [2.05, 4.69) is 21.2 Å². The molecule has 168 valence electrons. The predicted octanol–water partition coefficient (Wildman–Crippen LogP) is 4.56. The number of aromatic nitrogens is 2. The third-order valence-electron chi connectivity index (χ3n) is 6.26. The largest absolute Gasteiger partial charge is 0.352 e. The second-order valence-corrected chi connectivity index (χ2v) is 9.33. The van der Waals surface area contributed by atoms with Gasteiger partial charge in [-0.15, -0.1) is 0 Å². The molecule has 1 fully saturated rings. The van der Waals surface area contributed by atoms with Gasteiger partial charge in [-0.1, -0.05) is 53.4 Å². The van der Waals surface area contributed by atoms with Crippen LogP contribution in [0.15, 0.2) is 53.0 Å². The van der Waals surface area contributed by atoms with Crippen molar-refractivity contribution < 1.29 is 9.59 Å². The van der Waals surface area contributed by atoms with Gasteiger partial charge in [0, 0.05) is 36.1 Å². The van der Waals surface area contributed by atoms with E-state index >= 15 is 0 Å². The number of likely N-dealkylation sites (N-methyl/N-ethyl adjacent to an activating group) is 1. The molecular weight excluding hydrogens is 468 g/mol. The first kappa shape index (κ1) is 22.5. The Kier molecular flexibility index (Phi) is 7.25. The van der Waals surface area contributed by atoms with E-state index in [1.54, 1.807) is 12.1 Å². The molecule has 7 heteroatoms. The highest BCUT2D eigenvalue weighted by Crippen LogP contribution is 2.23. The summed E-state index contributed by atoms with van der Waals surface area (Å²) in [6.45, 7) is 0.712. The molecule has 1 N–H and O–H groups in total. The average molecular weight is 497 g/mol. The van der Waals surface area contributed by atoms with Crippen LogP contribution in [0.4, 0.5) is 0 Å². The van der Waals surface area contributed by atoms with E-state index in [1.807, 2.05) is 52.9 Å². The summed E-state index contributed by atoms with van der Waals surface area (Å²) in [5.74, 6) is 0.799. The van der Waals surface area contributed by atoms with Crippen molar-refractivity contribution in [3.05, 3.63) is 64.4 Å².